The zero-order valence-corrected chi connectivity index (χ0v) is 18.2. The maximum atomic E-state index is 13.7. The SMILES string of the molecule is NC1=C(S(=O)(=O)c2ccccc2)C(c2cc3ccccc3oc2=O)c2oc(CO)cc(=O)c2O1. The second kappa shape index (κ2) is 8.01. The molecule has 0 fully saturated rings. The van der Waals surface area contributed by atoms with Crippen molar-refractivity contribution in [1.82, 2.24) is 0 Å². The van der Waals surface area contributed by atoms with Crippen molar-refractivity contribution < 1.29 is 27.1 Å². The van der Waals surface area contributed by atoms with E-state index in [1.54, 1.807) is 30.3 Å². The Balaban J connectivity index is 1.87. The highest BCUT2D eigenvalue weighted by Crippen LogP contribution is 2.44. The summed E-state index contributed by atoms with van der Waals surface area (Å²) in [7, 11) is -4.33. The molecular formula is C24H17NO8S. The summed E-state index contributed by atoms with van der Waals surface area (Å²) < 4.78 is 43.9. The number of para-hydroxylation sites is 1. The van der Waals surface area contributed by atoms with Crippen LogP contribution in [0.15, 0.2) is 101 Å². The smallest absolute Gasteiger partial charge is 0.340 e. The Hall–Kier alpha value is -4.15. The standard InChI is InChI=1S/C24H17NO8S/c25-23-22(34(29,30)15-7-2-1-3-8-15)19(21-20(33-23)17(27)11-14(12-26)31-21)16-10-13-6-4-5-9-18(13)32-24(16)28/h1-11,19,26H,12,25H2. The van der Waals surface area contributed by atoms with Gasteiger partial charge in [-0.1, -0.05) is 36.4 Å². The van der Waals surface area contributed by atoms with Gasteiger partial charge >= 0.3 is 5.63 Å². The summed E-state index contributed by atoms with van der Waals surface area (Å²) in [6.45, 7) is -0.637. The van der Waals surface area contributed by atoms with Gasteiger partial charge in [-0.05, 0) is 24.3 Å². The molecule has 4 aromatic rings. The lowest BCUT2D eigenvalue weighted by Gasteiger charge is -2.27. The summed E-state index contributed by atoms with van der Waals surface area (Å²) in [5.41, 5.74) is 4.69. The van der Waals surface area contributed by atoms with Crippen LogP contribution >= 0.6 is 0 Å². The van der Waals surface area contributed by atoms with Crippen LogP contribution < -0.4 is 21.5 Å². The summed E-state index contributed by atoms with van der Waals surface area (Å²) >= 11 is 0. The molecule has 9 nitrogen and oxygen atoms in total. The van der Waals surface area contributed by atoms with E-state index in [-0.39, 0.29) is 27.7 Å². The molecule has 5 rings (SSSR count). The first-order valence-corrected chi connectivity index (χ1v) is 11.6. The summed E-state index contributed by atoms with van der Waals surface area (Å²) in [4.78, 5) is 25.1. The van der Waals surface area contributed by atoms with Gasteiger partial charge in [0.1, 0.15) is 22.9 Å². The molecule has 10 heteroatoms. The van der Waals surface area contributed by atoms with Crippen molar-refractivity contribution >= 4 is 20.8 Å². The minimum atomic E-state index is -4.33. The van der Waals surface area contributed by atoms with E-state index in [0.29, 0.717) is 11.0 Å². The van der Waals surface area contributed by atoms with E-state index in [1.165, 1.54) is 30.3 Å². The molecule has 0 aliphatic carbocycles. The molecule has 1 aliphatic heterocycles. The first-order valence-electron chi connectivity index (χ1n) is 10.1. The minimum Gasteiger partial charge on any atom is -0.458 e. The van der Waals surface area contributed by atoms with Crippen LogP contribution in [0.25, 0.3) is 11.0 Å². The van der Waals surface area contributed by atoms with Crippen molar-refractivity contribution in [2.75, 3.05) is 0 Å². The van der Waals surface area contributed by atoms with Crippen molar-refractivity contribution in [3.8, 4) is 5.75 Å². The number of ether oxygens (including phenoxy) is 1. The first kappa shape index (κ1) is 21.7. The highest BCUT2D eigenvalue weighted by molar-refractivity contribution is 7.95. The average Bonchev–Trinajstić information content (AvgIpc) is 2.83. The van der Waals surface area contributed by atoms with Gasteiger partial charge in [0.25, 0.3) is 0 Å². The van der Waals surface area contributed by atoms with E-state index >= 15 is 0 Å². The Morgan fingerprint density at radius 3 is 2.38 bits per heavy atom. The molecule has 172 valence electrons. The number of hydrogen-bond acceptors (Lipinski definition) is 9. The monoisotopic (exact) mass is 479 g/mol. The quantitative estimate of drug-likeness (QED) is 0.420. The molecule has 0 spiro atoms. The molecule has 1 unspecified atom stereocenters. The second-order valence-corrected chi connectivity index (χ2v) is 9.45. The summed E-state index contributed by atoms with van der Waals surface area (Å²) in [5, 5.41) is 10.1. The molecule has 2 aromatic heterocycles. The number of nitrogens with two attached hydrogens (primary N) is 1. The Labute approximate surface area is 192 Å². The number of fused-ring (bicyclic) bond motifs is 2. The lowest BCUT2D eigenvalue weighted by atomic mass is 9.94. The van der Waals surface area contributed by atoms with Gasteiger partial charge in [0.2, 0.25) is 26.9 Å². The van der Waals surface area contributed by atoms with Gasteiger partial charge < -0.3 is 24.4 Å². The van der Waals surface area contributed by atoms with E-state index in [0.717, 1.165) is 6.07 Å². The van der Waals surface area contributed by atoms with Gasteiger partial charge in [-0.2, -0.15) is 0 Å². The van der Waals surface area contributed by atoms with Crippen molar-refractivity contribution in [3.63, 3.8) is 0 Å². The normalized spacial score (nSPS) is 15.7. The third-order valence-corrected chi connectivity index (χ3v) is 7.35. The van der Waals surface area contributed by atoms with E-state index < -0.39 is 44.2 Å². The van der Waals surface area contributed by atoms with Crippen LogP contribution in [0.1, 0.15) is 23.0 Å². The van der Waals surface area contributed by atoms with Gasteiger partial charge in [-0.3, -0.25) is 4.79 Å². The van der Waals surface area contributed by atoms with Crippen molar-refractivity contribution in [3.05, 3.63) is 115 Å². The predicted octanol–water partition coefficient (Wildman–Crippen LogP) is 2.36. The van der Waals surface area contributed by atoms with Crippen LogP contribution in [-0.4, -0.2) is 13.5 Å². The van der Waals surface area contributed by atoms with Crippen LogP contribution in [-0.2, 0) is 16.4 Å². The molecule has 2 aromatic carbocycles. The number of hydrogen-bond donors (Lipinski definition) is 2. The fourth-order valence-corrected chi connectivity index (χ4v) is 5.54. The molecule has 3 N–H and O–H groups in total. The summed E-state index contributed by atoms with van der Waals surface area (Å²) in [6.07, 6.45) is 0. The number of allylic oxidation sites excluding steroid dienone is 1. The number of benzene rings is 2. The van der Waals surface area contributed by atoms with Gasteiger partial charge in [-0.15, -0.1) is 0 Å². The number of sulfone groups is 1. The molecule has 0 bridgehead atoms. The zero-order chi connectivity index (χ0) is 24.0. The van der Waals surface area contributed by atoms with Crippen molar-refractivity contribution in [2.45, 2.75) is 17.4 Å². The molecule has 0 saturated heterocycles. The van der Waals surface area contributed by atoms with Crippen LogP contribution in [0, 0.1) is 0 Å². The minimum absolute atomic E-state index is 0.101. The fraction of sp³-hybridized carbons (Fsp3) is 0.0833. The molecule has 34 heavy (non-hydrogen) atoms. The molecule has 0 saturated carbocycles. The Morgan fingerprint density at radius 1 is 0.941 bits per heavy atom. The molecule has 1 aliphatic rings. The third-order valence-electron chi connectivity index (χ3n) is 5.44. The van der Waals surface area contributed by atoms with Crippen molar-refractivity contribution in [2.24, 2.45) is 5.73 Å². The summed E-state index contributed by atoms with van der Waals surface area (Å²) in [6, 6.07) is 16.6. The number of aliphatic hydroxyl groups is 1. The molecule has 1 atom stereocenters. The molecule has 0 radical (unpaired) electrons. The van der Waals surface area contributed by atoms with Crippen LogP contribution in [0.3, 0.4) is 0 Å². The highest BCUT2D eigenvalue weighted by atomic mass is 32.2. The van der Waals surface area contributed by atoms with Gasteiger partial charge in [0.05, 0.1) is 16.4 Å². The first-order chi connectivity index (χ1) is 16.3. The van der Waals surface area contributed by atoms with E-state index in [1.807, 2.05) is 0 Å². The largest absolute Gasteiger partial charge is 0.458 e. The van der Waals surface area contributed by atoms with Crippen LogP contribution in [0.5, 0.6) is 5.75 Å². The second-order valence-electron chi connectivity index (χ2n) is 7.54. The maximum Gasteiger partial charge on any atom is 0.340 e. The lowest BCUT2D eigenvalue weighted by Crippen LogP contribution is -2.31. The highest BCUT2D eigenvalue weighted by Gasteiger charge is 2.43. The van der Waals surface area contributed by atoms with Gasteiger partial charge in [0, 0.05) is 11.5 Å². The Morgan fingerprint density at radius 2 is 1.65 bits per heavy atom. The fourth-order valence-electron chi connectivity index (χ4n) is 3.92. The molecule has 0 amide bonds. The Kier molecular flexibility index (Phi) is 5.11. The maximum absolute atomic E-state index is 13.7. The predicted molar refractivity (Wildman–Crippen MR) is 121 cm³/mol. The zero-order valence-electron chi connectivity index (χ0n) is 17.4. The molecule has 3 heterocycles. The van der Waals surface area contributed by atoms with E-state index in [9.17, 15) is 23.1 Å². The van der Waals surface area contributed by atoms with Crippen molar-refractivity contribution in [1.29, 1.82) is 0 Å². The summed E-state index contributed by atoms with van der Waals surface area (Å²) in [5.74, 6) is -2.83. The Bertz CT molecular complexity index is 1680. The van der Waals surface area contributed by atoms with Crippen LogP contribution in [0.4, 0.5) is 0 Å². The number of aliphatic hydroxyl groups excluding tert-OH is 1. The van der Waals surface area contributed by atoms with Crippen LogP contribution in [0.2, 0.25) is 0 Å². The van der Waals surface area contributed by atoms with E-state index in [4.69, 9.17) is 19.3 Å². The van der Waals surface area contributed by atoms with Gasteiger partial charge in [-0.25, -0.2) is 13.2 Å². The third kappa shape index (κ3) is 3.40. The average molecular weight is 479 g/mol. The lowest BCUT2D eigenvalue weighted by molar-refractivity contribution is 0.231. The molecular weight excluding hydrogens is 462 g/mol. The van der Waals surface area contributed by atoms with Gasteiger partial charge in [0.15, 0.2) is 5.76 Å². The topological polar surface area (TPSA) is 150 Å². The van der Waals surface area contributed by atoms with E-state index in [2.05, 4.69) is 0 Å². The number of rotatable bonds is 4.